The normalized spacial score (nSPS) is 12.8. The van der Waals surface area contributed by atoms with Crippen LogP contribution in [0.4, 0.5) is 17.6 Å². The lowest BCUT2D eigenvalue weighted by atomic mass is 10.1. The van der Waals surface area contributed by atoms with Gasteiger partial charge in [-0.25, -0.2) is 4.98 Å². The van der Waals surface area contributed by atoms with Crippen molar-refractivity contribution < 1.29 is 22.7 Å². The minimum absolute atomic E-state index is 0.0160. The van der Waals surface area contributed by atoms with Crippen LogP contribution in [-0.4, -0.2) is 16.3 Å². The zero-order valence-electron chi connectivity index (χ0n) is 9.14. The van der Waals surface area contributed by atoms with Crippen LogP contribution in [0, 0.1) is 12.9 Å². The fraction of sp³-hybridized carbons (Fsp3) is 0.500. The van der Waals surface area contributed by atoms with E-state index in [4.69, 9.17) is 5.11 Å². The molecule has 1 N–H and O–H groups in total. The summed E-state index contributed by atoms with van der Waals surface area (Å²) in [6.07, 6.45) is -6.66. The van der Waals surface area contributed by atoms with Gasteiger partial charge in [0.05, 0.1) is 0 Å². The molecule has 0 aliphatic heterocycles. The second-order valence-corrected chi connectivity index (χ2v) is 2.78. The number of rotatable bonds is 1. The van der Waals surface area contributed by atoms with Gasteiger partial charge < -0.3 is 5.11 Å². The Morgan fingerprint density at radius 1 is 1.31 bits per heavy atom. The van der Waals surface area contributed by atoms with E-state index in [9.17, 15) is 17.6 Å². The topological polar surface area (TPSA) is 33.1 Å². The second kappa shape index (κ2) is 5.79. The minimum Gasteiger partial charge on any atom is -0.379 e. The maximum atomic E-state index is 12.9. The molecule has 1 rings (SSSR count). The van der Waals surface area contributed by atoms with Gasteiger partial charge in [-0.05, 0) is 18.6 Å². The molecule has 1 heterocycles. The summed E-state index contributed by atoms with van der Waals surface area (Å²) >= 11 is 0. The lowest BCUT2D eigenvalue weighted by Gasteiger charge is -2.16. The number of aliphatic hydroxyl groups is 1. The lowest BCUT2D eigenvalue weighted by molar-refractivity contribution is -0.207. The third-order valence-corrected chi connectivity index (χ3v) is 1.74. The van der Waals surface area contributed by atoms with Crippen LogP contribution in [0.25, 0.3) is 0 Å². The standard InChI is InChI=1S/C8H7F4NO.C2H6/c1-4-2-3-13-7(9)5(4)6(14)8(10,11)12;1-2/h2-3,6,14H,1H3;1-2H3. The molecule has 0 fully saturated rings. The van der Waals surface area contributed by atoms with Crippen molar-refractivity contribution in [2.75, 3.05) is 0 Å². The molecule has 0 aromatic carbocycles. The Kier molecular flexibility index (Phi) is 5.37. The lowest BCUT2D eigenvalue weighted by Crippen LogP contribution is -2.22. The second-order valence-electron chi connectivity index (χ2n) is 2.78. The number of aryl methyl sites for hydroxylation is 1. The smallest absolute Gasteiger partial charge is 0.379 e. The van der Waals surface area contributed by atoms with Gasteiger partial charge in [0, 0.05) is 11.8 Å². The Hall–Kier alpha value is -1.17. The van der Waals surface area contributed by atoms with E-state index in [0.717, 1.165) is 6.20 Å². The van der Waals surface area contributed by atoms with Gasteiger partial charge in [-0.15, -0.1) is 0 Å². The number of alkyl halides is 3. The van der Waals surface area contributed by atoms with Gasteiger partial charge in [-0.1, -0.05) is 13.8 Å². The summed E-state index contributed by atoms with van der Waals surface area (Å²) in [4.78, 5) is 3.05. The molecule has 0 spiro atoms. The molecule has 6 heteroatoms. The number of hydrogen-bond acceptors (Lipinski definition) is 2. The molecule has 1 unspecified atom stereocenters. The molecule has 16 heavy (non-hydrogen) atoms. The van der Waals surface area contributed by atoms with Crippen LogP contribution in [0.3, 0.4) is 0 Å². The van der Waals surface area contributed by atoms with Crippen molar-refractivity contribution in [3.63, 3.8) is 0 Å². The fourth-order valence-electron chi connectivity index (χ4n) is 1.03. The van der Waals surface area contributed by atoms with E-state index in [1.165, 1.54) is 13.0 Å². The number of aliphatic hydroxyl groups excluding tert-OH is 1. The summed E-state index contributed by atoms with van der Waals surface area (Å²) in [5.74, 6) is -1.30. The fourth-order valence-corrected chi connectivity index (χ4v) is 1.03. The average molecular weight is 239 g/mol. The van der Waals surface area contributed by atoms with E-state index in [2.05, 4.69) is 4.98 Å². The van der Waals surface area contributed by atoms with Crippen molar-refractivity contribution in [1.29, 1.82) is 0 Å². The van der Waals surface area contributed by atoms with E-state index >= 15 is 0 Å². The maximum Gasteiger partial charge on any atom is 0.418 e. The van der Waals surface area contributed by atoms with Crippen LogP contribution in [0.2, 0.25) is 0 Å². The molecule has 0 radical (unpaired) electrons. The van der Waals surface area contributed by atoms with Crippen molar-refractivity contribution in [3.05, 3.63) is 29.3 Å². The van der Waals surface area contributed by atoms with Crippen molar-refractivity contribution >= 4 is 0 Å². The first-order valence-corrected chi connectivity index (χ1v) is 4.70. The summed E-state index contributed by atoms with van der Waals surface area (Å²) < 4.78 is 49.0. The van der Waals surface area contributed by atoms with Crippen molar-refractivity contribution in [3.8, 4) is 0 Å². The van der Waals surface area contributed by atoms with Gasteiger partial charge in [-0.2, -0.15) is 17.6 Å². The molecule has 0 saturated carbocycles. The molecule has 0 bridgehead atoms. The zero-order chi connectivity index (χ0) is 12.9. The van der Waals surface area contributed by atoms with Gasteiger partial charge in [0.1, 0.15) is 0 Å². The quantitative estimate of drug-likeness (QED) is 0.603. The van der Waals surface area contributed by atoms with Crippen LogP contribution in [0.15, 0.2) is 12.3 Å². The minimum atomic E-state index is -4.88. The van der Waals surface area contributed by atoms with Crippen molar-refractivity contribution in [2.24, 2.45) is 0 Å². The summed E-state index contributed by atoms with van der Waals surface area (Å²) in [5.41, 5.74) is -0.803. The first-order valence-electron chi connectivity index (χ1n) is 4.70. The first kappa shape index (κ1) is 14.8. The van der Waals surface area contributed by atoms with E-state index in [1.807, 2.05) is 13.8 Å². The number of aromatic nitrogens is 1. The van der Waals surface area contributed by atoms with Crippen molar-refractivity contribution in [1.82, 2.24) is 4.98 Å². The summed E-state index contributed by atoms with van der Waals surface area (Å²) in [5, 5.41) is 8.81. The average Bonchev–Trinajstić information content (AvgIpc) is 2.19. The Labute approximate surface area is 90.9 Å². The maximum absolute atomic E-state index is 12.9. The van der Waals surface area contributed by atoms with Crippen LogP contribution >= 0.6 is 0 Å². The number of halogens is 4. The summed E-state index contributed by atoms with van der Waals surface area (Å²) in [6, 6.07) is 1.20. The van der Waals surface area contributed by atoms with Crippen LogP contribution < -0.4 is 0 Å². The Morgan fingerprint density at radius 2 is 1.81 bits per heavy atom. The van der Waals surface area contributed by atoms with E-state index in [0.29, 0.717) is 0 Å². The third kappa shape index (κ3) is 3.44. The van der Waals surface area contributed by atoms with Gasteiger partial charge in [0.25, 0.3) is 0 Å². The highest BCUT2D eigenvalue weighted by molar-refractivity contribution is 5.26. The third-order valence-electron chi connectivity index (χ3n) is 1.74. The SMILES string of the molecule is CC.Cc1ccnc(F)c1C(O)C(F)(F)F. The monoisotopic (exact) mass is 239 g/mol. The summed E-state index contributed by atoms with van der Waals surface area (Å²) in [6.45, 7) is 5.27. The van der Waals surface area contributed by atoms with E-state index in [1.54, 1.807) is 0 Å². The first-order chi connectivity index (χ1) is 7.34. The molecule has 0 amide bonds. The molecule has 2 nitrogen and oxygen atoms in total. The molecule has 0 aliphatic carbocycles. The number of pyridine rings is 1. The molecule has 92 valence electrons. The molecule has 0 saturated heterocycles. The van der Waals surface area contributed by atoms with Crippen LogP contribution in [0.1, 0.15) is 31.1 Å². The van der Waals surface area contributed by atoms with Gasteiger partial charge >= 0.3 is 6.18 Å². The van der Waals surface area contributed by atoms with Crippen molar-refractivity contribution in [2.45, 2.75) is 33.1 Å². The zero-order valence-corrected chi connectivity index (χ0v) is 9.14. The predicted molar refractivity (Wildman–Crippen MR) is 51.3 cm³/mol. The summed E-state index contributed by atoms with van der Waals surface area (Å²) in [7, 11) is 0. The molecule has 0 aliphatic rings. The number of hydrogen-bond donors (Lipinski definition) is 1. The van der Waals surface area contributed by atoms with E-state index < -0.39 is 23.8 Å². The molecule has 1 aromatic heterocycles. The highest BCUT2D eigenvalue weighted by atomic mass is 19.4. The van der Waals surface area contributed by atoms with Crippen LogP contribution in [0.5, 0.6) is 0 Å². The number of nitrogens with zero attached hydrogens (tertiary/aromatic N) is 1. The predicted octanol–water partition coefficient (Wildman–Crippen LogP) is 3.15. The molecule has 1 atom stereocenters. The van der Waals surface area contributed by atoms with Gasteiger partial charge in [-0.3, -0.25) is 0 Å². The Morgan fingerprint density at radius 3 is 2.19 bits per heavy atom. The van der Waals surface area contributed by atoms with Crippen LogP contribution in [-0.2, 0) is 0 Å². The van der Waals surface area contributed by atoms with E-state index in [-0.39, 0.29) is 5.56 Å². The molecule has 1 aromatic rings. The molecular weight excluding hydrogens is 226 g/mol. The Bertz CT molecular complexity index is 318. The van der Waals surface area contributed by atoms with Gasteiger partial charge in [0.2, 0.25) is 5.95 Å². The highest BCUT2D eigenvalue weighted by Crippen LogP contribution is 2.34. The largest absolute Gasteiger partial charge is 0.418 e. The molecular formula is C10H13F4NO. The van der Waals surface area contributed by atoms with Gasteiger partial charge in [0.15, 0.2) is 6.10 Å². The highest BCUT2D eigenvalue weighted by Gasteiger charge is 2.41. The Balaban J connectivity index is 0.00000106.